The van der Waals surface area contributed by atoms with Crippen LogP contribution in [0.25, 0.3) is 17.3 Å². The Morgan fingerprint density at radius 3 is 2.32 bits per heavy atom. The Morgan fingerprint density at radius 1 is 1.21 bits per heavy atom. The molecule has 2 fully saturated rings. The average molecular weight is 467 g/mol. The van der Waals surface area contributed by atoms with Gasteiger partial charge in [0.15, 0.2) is 5.82 Å². The fourth-order valence-electron chi connectivity index (χ4n) is 4.17. The highest BCUT2D eigenvalue weighted by Gasteiger charge is 2.30. The molecule has 3 rings (SSSR count). The van der Waals surface area contributed by atoms with E-state index in [4.69, 9.17) is 15.7 Å². The standard InChI is InChI=1S/C24H36N6.C4H10/c1-6-17(14-16(3)26-5)22-28-20(15-25)21(19(7-2)18-8-9-18)23(29-22)30-24(4)10-12-27-13-11-24;1-3-4-2/h6,14-15,18,27H,5,7-13,25H2,1-4H3,(H,28,29,30);3-4H2,1-2H3/b16-14-,17-6+,20-15+,21-19-;. The van der Waals surface area contributed by atoms with E-state index in [1.54, 1.807) is 6.20 Å². The van der Waals surface area contributed by atoms with Gasteiger partial charge in [0, 0.05) is 28.2 Å². The molecule has 4 N–H and O–H groups in total. The van der Waals surface area contributed by atoms with Crippen molar-refractivity contribution < 1.29 is 0 Å². The molecule has 34 heavy (non-hydrogen) atoms. The van der Waals surface area contributed by atoms with E-state index in [-0.39, 0.29) is 5.54 Å². The molecule has 1 saturated heterocycles. The van der Waals surface area contributed by atoms with Crippen LogP contribution in [-0.2, 0) is 0 Å². The molecule has 0 unspecified atom stereocenters. The van der Waals surface area contributed by atoms with Gasteiger partial charge in [0.1, 0.15) is 5.82 Å². The summed E-state index contributed by atoms with van der Waals surface area (Å²) in [5.74, 6) is 2.19. The maximum Gasteiger partial charge on any atom is 0.161 e. The van der Waals surface area contributed by atoms with Crippen LogP contribution >= 0.6 is 0 Å². The Balaban J connectivity index is 0.000000945. The van der Waals surface area contributed by atoms with Gasteiger partial charge in [0.2, 0.25) is 0 Å². The van der Waals surface area contributed by atoms with Crippen LogP contribution in [0.4, 0.5) is 5.82 Å². The summed E-state index contributed by atoms with van der Waals surface area (Å²) >= 11 is 0. The molecule has 0 amide bonds. The van der Waals surface area contributed by atoms with E-state index in [0.717, 1.165) is 60.0 Å². The lowest BCUT2D eigenvalue weighted by molar-refractivity contribution is 0.364. The zero-order valence-corrected chi connectivity index (χ0v) is 22.3. The zero-order valence-electron chi connectivity index (χ0n) is 22.3. The largest absolute Gasteiger partial charge is 0.403 e. The van der Waals surface area contributed by atoms with Crippen LogP contribution in [0.2, 0.25) is 0 Å². The second kappa shape index (κ2) is 13.4. The smallest absolute Gasteiger partial charge is 0.161 e. The van der Waals surface area contributed by atoms with Gasteiger partial charge in [0.05, 0.1) is 5.35 Å². The summed E-state index contributed by atoms with van der Waals surface area (Å²) in [6, 6.07) is 0. The molecule has 6 heteroatoms. The van der Waals surface area contributed by atoms with E-state index < -0.39 is 0 Å². The molecule has 1 aromatic rings. The molecule has 1 aromatic heterocycles. The van der Waals surface area contributed by atoms with Crippen molar-refractivity contribution in [2.75, 3.05) is 18.4 Å². The van der Waals surface area contributed by atoms with Crippen LogP contribution in [0.5, 0.6) is 0 Å². The van der Waals surface area contributed by atoms with Crippen molar-refractivity contribution in [3.63, 3.8) is 0 Å². The molecule has 0 spiro atoms. The van der Waals surface area contributed by atoms with Crippen molar-refractivity contribution in [3.05, 3.63) is 34.2 Å². The number of hydrogen-bond donors (Lipinski definition) is 3. The predicted octanol–water partition coefficient (Wildman–Crippen LogP) is 4.51. The highest BCUT2D eigenvalue weighted by molar-refractivity contribution is 5.71. The number of rotatable bonds is 8. The molecular formula is C28H46N6. The highest BCUT2D eigenvalue weighted by atomic mass is 15.1. The number of anilines is 1. The number of piperidine rings is 1. The van der Waals surface area contributed by atoms with E-state index in [2.05, 4.69) is 50.0 Å². The van der Waals surface area contributed by atoms with E-state index in [0.29, 0.717) is 11.7 Å². The summed E-state index contributed by atoms with van der Waals surface area (Å²) in [5.41, 5.74) is 9.25. The molecule has 1 saturated carbocycles. The highest BCUT2D eigenvalue weighted by Crippen LogP contribution is 2.38. The van der Waals surface area contributed by atoms with Crippen LogP contribution in [0.15, 0.2) is 22.8 Å². The number of unbranched alkanes of at least 4 members (excludes halogenated alkanes) is 1. The number of nitrogens with two attached hydrogens (primary N) is 1. The lowest BCUT2D eigenvalue weighted by Gasteiger charge is -2.35. The van der Waals surface area contributed by atoms with Gasteiger partial charge in [-0.3, -0.25) is 4.99 Å². The van der Waals surface area contributed by atoms with Gasteiger partial charge < -0.3 is 16.4 Å². The quantitative estimate of drug-likeness (QED) is 0.387. The molecule has 2 aliphatic rings. The minimum Gasteiger partial charge on any atom is -0.403 e. The third-order valence-corrected chi connectivity index (χ3v) is 6.68. The van der Waals surface area contributed by atoms with Crippen LogP contribution < -0.4 is 26.9 Å². The number of nitrogens with one attached hydrogen (secondary N) is 2. The molecule has 0 aromatic carbocycles. The lowest BCUT2D eigenvalue weighted by Crippen LogP contribution is -2.48. The summed E-state index contributed by atoms with van der Waals surface area (Å²) in [4.78, 5) is 13.9. The van der Waals surface area contributed by atoms with Crippen molar-refractivity contribution in [1.29, 1.82) is 0 Å². The van der Waals surface area contributed by atoms with Crippen LogP contribution in [0.3, 0.4) is 0 Å². The maximum atomic E-state index is 6.11. The van der Waals surface area contributed by atoms with E-state index >= 15 is 0 Å². The second-order valence-corrected chi connectivity index (χ2v) is 9.60. The Labute approximate surface area is 206 Å². The van der Waals surface area contributed by atoms with Crippen molar-refractivity contribution >= 4 is 29.9 Å². The molecule has 0 bridgehead atoms. The van der Waals surface area contributed by atoms with Gasteiger partial charge in [-0.05, 0) is 84.7 Å². The fraction of sp³-hybridized carbons (Fsp3) is 0.607. The Morgan fingerprint density at radius 2 is 1.85 bits per heavy atom. The monoisotopic (exact) mass is 466 g/mol. The summed E-state index contributed by atoms with van der Waals surface area (Å²) in [7, 11) is 0. The lowest BCUT2D eigenvalue weighted by atomic mass is 9.90. The van der Waals surface area contributed by atoms with E-state index in [1.807, 2.05) is 26.0 Å². The Bertz CT molecular complexity index is 992. The van der Waals surface area contributed by atoms with Crippen LogP contribution in [0.1, 0.15) is 92.3 Å². The van der Waals surface area contributed by atoms with E-state index in [9.17, 15) is 0 Å². The van der Waals surface area contributed by atoms with Crippen LogP contribution in [0, 0.1) is 5.92 Å². The number of nitrogens with zero attached hydrogens (tertiary/aromatic N) is 3. The first-order valence-corrected chi connectivity index (χ1v) is 13.0. The number of allylic oxidation sites excluding steroid dienone is 4. The molecular weight excluding hydrogens is 420 g/mol. The Hall–Kier alpha value is -2.47. The van der Waals surface area contributed by atoms with Crippen molar-refractivity contribution in [3.8, 4) is 0 Å². The van der Waals surface area contributed by atoms with Gasteiger partial charge >= 0.3 is 0 Å². The minimum absolute atomic E-state index is 0.00951. The molecule has 0 atom stereocenters. The average Bonchev–Trinajstić information content (AvgIpc) is 3.69. The third kappa shape index (κ3) is 7.52. The molecule has 1 aliphatic carbocycles. The first kappa shape index (κ1) is 27.8. The van der Waals surface area contributed by atoms with Gasteiger partial charge in [-0.1, -0.05) is 45.3 Å². The summed E-state index contributed by atoms with van der Waals surface area (Å²) in [6.45, 7) is 18.4. The molecule has 0 radical (unpaired) electrons. The molecule has 188 valence electrons. The van der Waals surface area contributed by atoms with Crippen molar-refractivity contribution in [2.24, 2.45) is 16.6 Å². The second-order valence-electron chi connectivity index (χ2n) is 9.60. The van der Waals surface area contributed by atoms with Crippen molar-refractivity contribution in [2.45, 2.75) is 92.0 Å². The third-order valence-electron chi connectivity index (χ3n) is 6.68. The van der Waals surface area contributed by atoms with Gasteiger partial charge in [-0.25, -0.2) is 9.97 Å². The first-order chi connectivity index (χ1) is 16.4. The van der Waals surface area contributed by atoms with E-state index in [1.165, 1.54) is 31.3 Å². The van der Waals surface area contributed by atoms with Gasteiger partial charge in [-0.2, -0.15) is 0 Å². The predicted molar refractivity (Wildman–Crippen MR) is 148 cm³/mol. The fourth-order valence-corrected chi connectivity index (χ4v) is 4.17. The Kier molecular flexibility index (Phi) is 11.0. The maximum absolute atomic E-state index is 6.11. The van der Waals surface area contributed by atoms with Gasteiger partial charge in [0.25, 0.3) is 0 Å². The SMILES string of the molecule is C=N/C(C)=C\C(=C/C)c1nc(NC2(C)CCNCC2)c(=C(/CC)C2CC2)/c(=C\N)n1.CCCC. The zero-order chi connectivity index (χ0) is 25.1. The molecule has 1 aliphatic heterocycles. The summed E-state index contributed by atoms with van der Waals surface area (Å²) in [5, 5.41) is 9.18. The first-order valence-electron chi connectivity index (χ1n) is 13.0. The summed E-state index contributed by atoms with van der Waals surface area (Å²) < 4.78 is 0. The van der Waals surface area contributed by atoms with Gasteiger partial charge in [-0.15, -0.1) is 0 Å². The molecule has 2 heterocycles. The van der Waals surface area contributed by atoms with Crippen molar-refractivity contribution in [1.82, 2.24) is 15.3 Å². The topological polar surface area (TPSA) is 88.2 Å². The molecule has 6 nitrogen and oxygen atoms in total. The number of aliphatic imine (C=N–C) groups is 1. The number of hydrogen-bond acceptors (Lipinski definition) is 6. The minimum atomic E-state index is -0.00951. The normalized spacial score (nSPS) is 19.8. The van der Waals surface area contributed by atoms with Crippen LogP contribution in [-0.4, -0.2) is 35.3 Å². The number of aromatic nitrogens is 2. The summed E-state index contributed by atoms with van der Waals surface area (Å²) in [6.07, 6.45) is 13.8.